The van der Waals surface area contributed by atoms with Crippen LogP contribution in [0.1, 0.15) is 21.5 Å². The van der Waals surface area contributed by atoms with Crippen molar-refractivity contribution in [2.24, 2.45) is 0 Å². The van der Waals surface area contributed by atoms with Gasteiger partial charge < -0.3 is 0 Å². The molecule has 1 heterocycles. The van der Waals surface area contributed by atoms with Gasteiger partial charge in [0.15, 0.2) is 5.78 Å². The van der Waals surface area contributed by atoms with Gasteiger partial charge in [0, 0.05) is 26.4 Å². The summed E-state index contributed by atoms with van der Waals surface area (Å²) in [6.07, 6.45) is 0. The SMILES string of the molecule is Cc1cc(F)ccc1C(=O)c1cscc1Br. The van der Waals surface area contributed by atoms with Gasteiger partial charge in [0.05, 0.1) is 0 Å². The average Bonchev–Trinajstić information content (AvgIpc) is 2.63. The Morgan fingerprint density at radius 1 is 1.31 bits per heavy atom. The molecule has 0 atom stereocenters. The fourth-order valence-electron chi connectivity index (χ4n) is 1.47. The molecule has 1 aromatic heterocycles. The van der Waals surface area contributed by atoms with Crippen LogP contribution in [0, 0.1) is 12.7 Å². The lowest BCUT2D eigenvalue weighted by Crippen LogP contribution is -2.03. The van der Waals surface area contributed by atoms with Gasteiger partial charge in [0.2, 0.25) is 0 Å². The summed E-state index contributed by atoms with van der Waals surface area (Å²) in [6.45, 7) is 1.73. The van der Waals surface area contributed by atoms with E-state index in [0.717, 1.165) is 4.47 Å². The van der Waals surface area contributed by atoms with E-state index in [1.807, 2.05) is 5.38 Å². The van der Waals surface area contributed by atoms with Crippen LogP contribution in [0.15, 0.2) is 33.4 Å². The molecule has 0 N–H and O–H groups in total. The van der Waals surface area contributed by atoms with Crippen LogP contribution in [-0.2, 0) is 0 Å². The first-order valence-electron chi connectivity index (χ1n) is 4.62. The van der Waals surface area contributed by atoms with Gasteiger partial charge >= 0.3 is 0 Å². The predicted octanol–water partition coefficient (Wildman–Crippen LogP) is 4.19. The van der Waals surface area contributed by atoms with Crippen molar-refractivity contribution >= 4 is 33.0 Å². The summed E-state index contributed by atoms with van der Waals surface area (Å²) >= 11 is 4.78. The van der Waals surface area contributed by atoms with Gasteiger partial charge in [-0.25, -0.2) is 4.39 Å². The molecule has 0 amide bonds. The number of aryl methyl sites for hydroxylation is 1. The number of hydrogen-bond donors (Lipinski definition) is 0. The molecule has 0 saturated carbocycles. The van der Waals surface area contributed by atoms with Gasteiger partial charge in [0.1, 0.15) is 5.82 Å². The van der Waals surface area contributed by atoms with Crippen LogP contribution >= 0.6 is 27.3 Å². The van der Waals surface area contributed by atoms with Crippen LogP contribution in [0.5, 0.6) is 0 Å². The van der Waals surface area contributed by atoms with Gasteiger partial charge in [-0.1, -0.05) is 0 Å². The summed E-state index contributed by atoms with van der Waals surface area (Å²) in [7, 11) is 0. The van der Waals surface area contributed by atoms with Crippen LogP contribution < -0.4 is 0 Å². The fraction of sp³-hybridized carbons (Fsp3) is 0.0833. The molecule has 4 heteroatoms. The molecule has 0 aliphatic carbocycles. The Balaban J connectivity index is 2.46. The second-order valence-electron chi connectivity index (χ2n) is 3.42. The minimum atomic E-state index is -0.321. The third-order valence-corrected chi connectivity index (χ3v) is 4.00. The van der Waals surface area contributed by atoms with Gasteiger partial charge in [-0.2, -0.15) is 11.3 Å². The Labute approximate surface area is 105 Å². The lowest BCUT2D eigenvalue weighted by molar-refractivity contribution is 0.103. The second-order valence-corrected chi connectivity index (χ2v) is 5.02. The topological polar surface area (TPSA) is 17.1 Å². The summed E-state index contributed by atoms with van der Waals surface area (Å²) < 4.78 is 13.7. The molecule has 2 rings (SSSR count). The smallest absolute Gasteiger partial charge is 0.195 e. The molecule has 1 aromatic carbocycles. The Morgan fingerprint density at radius 3 is 2.62 bits per heavy atom. The molecule has 0 aliphatic rings. The van der Waals surface area contributed by atoms with E-state index < -0.39 is 0 Å². The summed E-state index contributed by atoms with van der Waals surface area (Å²) in [5.74, 6) is -0.399. The fourth-order valence-corrected chi connectivity index (χ4v) is 2.92. The third kappa shape index (κ3) is 2.08. The highest BCUT2D eigenvalue weighted by atomic mass is 79.9. The normalized spacial score (nSPS) is 10.4. The molecule has 2 aromatic rings. The van der Waals surface area contributed by atoms with Gasteiger partial charge in [-0.05, 0) is 46.6 Å². The zero-order valence-corrected chi connectivity index (χ0v) is 10.9. The van der Waals surface area contributed by atoms with Crippen molar-refractivity contribution in [3.63, 3.8) is 0 Å². The predicted molar refractivity (Wildman–Crippen MR) is 66.6 cm³/mol. The highest BCUT2D eigenvalue weighted by Crippen LogP contribution is 2.25. The number of thiophene rings is 1. The van der Waals surface area contributed by atoms with E-state index >= 15 is 0 Å². The van der Waals surface area contributed by atoms with E-state index in [0.29, 0.717) is 16.7 Å². The molecule has 0 bridgehead atoms. The number of carbonyl (C=O) groups excluding carboxylic acids is 1. The maximum Gasteiger partial charge on any atom is 0.195 e. The van der Waals surface area contributed by atoms with E-state index in [9.17, 15) is 9.18 Å². The summed E-state index contributed by atoms with van der Waals surface area (Å²) in [4.78, 5) is 12.1. The summed E-state index contributed by atoms with van der Waals surface area (Å²) in [6, 6.07) is 4.20. The van der Waals surface area contributed by atoms with Crippen molar-refractivity contribution in [3.8, 4) is 0 Å². The van der Waals surface area contributed by atoms with E-state index in [-0.39, 0.29) is 11.6 Å². The standard InChI is InChI=1S/C12H8BrFOS/c1-7-4-8(14)2-3-9(7)12(15)10-5-16-6-11(10)13/h2-6H,1H3. The molecule has 0 saturated heterocycles. The number of rotatable bonds is 2. The molecular weight excluding hydrogens is 291 g/mol. The number of benzene rings is 1. The van der Waals surface area contributed by atoms with Gasteiger partial charge in [-0.15, -0.1) is 0 Å². The molecule has 16 heavy (non-hydrogen) atoms. The molecule has 1 nitrogen and oxygen atoms in total. The quantitative estimate of drug-likeness (QED) is 0.760. The van der Waals surface area contributed by atoms with Crippen LogP contribution in [0.3, 0.4) is 0 Å². The molecule has 82 valence electrons. The molecule has 0 fully saturated rings. The third-order valence-electron chi connectivity index (χ3n) is 2.29. The van der Waals surface area contributed by atoms with Crippen molar-refractivity contribution in [2.45, 2.75) is 6.92 Å². The van der Waals surface area contributed by atoms with Gasteiger partial charge in [0.25, 0.3) is 0 Å². The van der Waals surface area contributed by atoms with Crippen molar-refractivity contribution in [3.05, 3.63) is 55.9 Å². The maximum atomic E-state index is 12.9. The second kappa shape index (κ2) is 4.47. The molecule has 0 aliphatic heterocycles. The number of halogens is 2. The zero-order valence-electron chi connectivity index (χ0n) is 8.46. The van der Waals surface area contributed by atoms with Crippen molar-refractivity contribution < 1.29 is 9.18 Å². The first-order valence-corrected chi connectivity index (χ1v) is 6.35. The maximum absolute atomic E-state index is 12.9. The molecule has 0 radical (unpaired) electrons. The van der Waals surface area contributed by atoms with Crippen molar-refractivity contribution in [1.29, 1.82) is 0 Å². The number of ketones is 1. The highest BCUT2D eigenvalue weighted by molar-refractivity contribution is 9.10. The number of carbonyl (C=O) groups is 1. The number of hydrogen-bond acceptors (Lipinski definition) is 2. The Morgan fingerprint density at radius 2 is 2.06 bits per heavy atom. The van der Waals surface area contributed by atoms with Crippen molar-refractivity contribution in [2.75, 3.05) is 0 Å². The zero-order chi connectivity index (χ0) is 11.7. The summed E-state index contributed by atoms with van der Waals surface area (Å²) in [5.41, 5.74) is 1.82. The monoisotopic (exact) mass is 298 g/mol. The van der Waals surface area contributed by atoms with Crippen LogP contribution in [-0.4, -0.2) is 5.78 Å². The minimum Gasteiger partial charge on any atom is -0.289 e. The van der Waals surface area contributed by atoms with E-state index in [1.54, 1.807) is 12.3 Å². The van der Waals surface area contributed by atoms with Gasteiger partial charge in [-0.3, -0.25) is 4.79 Å². The van der Waals surface area contributed by atoms with E-state index in [4.69, 9.17) is 0 Å². The molecule has 0 unspecified atom stereocenters. The minimum absolute atomic E-state index is 0.0781. The first kappa shape index (κ1) is 11.5. The van der Waals surface area contributed by atoms with E-state index in [2.05, 4.69) is 15.9 Å². The molecule has 0 spiro atoms. The summed E-state index contributed by atoms with van der Waals surface area (Å²) in [5, 5.41) is 3.64. The van der Waals surface area contributed by atoms with Crippen LogP contribution in [0.4, 0.5) is 4.39 Å². The lowest BCUT2D eigenvalue weighted by Gasteiger charge is -2.04. The first-order chi connectivity index (χ1) is 7.59. The van der Waals surface area contributed by atoms with E-state index in [1.165, 1.54) is 29.5 Å². The Hall–Kier alpha value is -1.00. The van der Waals surface area contributed by atoms with Crippen LogP contribution in [0.2, 0.25) is 0 Å². The largest absolute Gasteiger partial charge is 0.289 e. The molecular formula is C12H8BrFOS. The Kier molecular flexibility index (Phi) is 3.21. The highest BCUT2D eigenvalue weighted by Gasteiger charge is 2.15. The Bertz CT molecular complexity index is 548. The van der Waals surface area contributed by atoms with Crippen LogP contribution in [0.25, 0.3) is 0 Å². The lowest BCUT2D eigenvalue weighted by atomic mass is 10.0. The average molecular weight is 299 g/mol. The van der Waals surface area contributed by atoms with Crippen molar-refractivity contribution in [1.82, 2.24) is 0 Å².